The van der Waals surface area contributed by atoms with Crippen molar-refractivity contribution >= 4 is 5.91 Å². The number of benzene rings is 1. The highest BCUT2D eigenvalue weighted by molar-refractivity contribution is 5.79. The van der Waals surface area contributed by atoms with Crippen molar-refractivity contribution in [2.24, 2.45) is 5.92 Å². The van der Waals surface area contributed by atoms with Gasteiger partial charge in [0.1, 0.15) is 0 Å². The van der Waals surface area contributed by atoms with Gasteiger partial charge < -0.3 is 5.32 Å². The molecule has 1 atom stereocenters. The van der Waals surface area contributed by atoms with Crippen LogP contribution in [0.4, 0.5) is 0 Å². The van der Waals surface area contributed by atoms with Crippen LogP contribution in [0.1, 0.15) is 52.5 Å². The van der Waals surface area contributed by atoms with Crippen LogP contribution in [0.2, 0.25) is 0 Å². The van der Waals surface area contributed by atoms with Gasteiger partial charge in [-0.1, -0.05) is 50.6 Å². The van der Waals surface area contributed by atoms with Crippen molar-refractivity contribution < 1.29 is 4.79 Å². The van der Waals surface area contributed by atoms with E-state index in [0.717, 1.165) is 24.8 Å². The summed E-state index contributed by atoms with van der Waals surface area (Å²) in [5.41, 5.74) is 0.837. The van der Waals surface area contributed by atoms with Gasteiger partial charge >= 0.3 is 0 Å². The van der Waals surface area contributed by atoms with Crippen molar-refractivity contribution in [1.82, 2.24) is 5.32 Å². The first-order chi connectivity index (χ1) is 8.51. The van der Waals surface area contributed by atoms with Crippen molar-refractivity contribution in [3.05, 3.63) is 35.9 Å². The maximum Gasteiger partial charge on any atom is 0.223 e. The maximum absolute atomic E-state index is 12.2. The minimum absolute atomic E-state index is 0.137. The molecule has 2 heteroatoms. The predicted octanol–water partition coefficient (Wildman–Crippen LogP) is 3.86. The quantitative estimate of drug-likeness (QED) is 0.812. The van der Waals surface area contributed by atoms with Gasteiger partial charge in [0.15, 0.2) is 0 Å². The molecule has 1 rings (SSSR count). The van der Waals surface area contributed by atoms with Gasteiger partial charge in [-0.2, -0.15) is 0 Å². The molecule has 1 unspecified atom stereocenters. The summed E-state index contributed by atoms with van der Waals surface area (Å²) in [6, 6.07) is 10.1. The molecule has 0 spiro atoms. The molecule has 1 aromatic rings. The third-order valence-electron chi connectivity index (χ3n) is 3.43. The van der Waals surface area contributed by atoms with Crippen LogP contribution >= 0.6 is 0 Å². The second-order valence-corrected chi connectivity index (χ2v) is 5.37. The van der Waals surface area contributed by atoms with Crippen molar-refractivity contribution in [2.75, 3.05) is 0 Å². The van der Waals surface area contributed by atoms with Crippen LogP contribution in [0.5, 0.6) is 0 Å². The lowest BCUT2D eigenvalue weighted by Gasteiger charge is -2.29. The molecule has 0 aliphatic rings. The second kappa shape index (κ2) is 6.58. The molecule has 18 heavy (non-hydrogen) atoms. The third kappa shape index (κ3) is 3.86. The van der Waals surface area contributed by atoms with E-state index >= 15 is 0 Å². The highest BCUT2D eigenvalue weighted by atomic mass is 16.2. The summed E-state index contributed by atoms with van der Waals surface area (Å²) in [6.45, 7) is 8.31. The zero-order valence-corrected chi connectivity index (χ0v) is 12.0. The van der Waals surface area contributed by atoms with Gasteiger partial charge in [-0.05, 0) is 32.3 Å². The summed E-state index contributed by atoms with van der Waals surface area (Å²) in [5, 5.41) is 3.17. The van der Waals surface area contributed by atoms with E-state index in [1.165, 1.54) is 0 Å². The first-order valence-electron chi connectivity index (χ1n) is 6.88. The average molecular weight is 247 g/mol. The van der Waals surface area contributed by atoms with E-state index in [1.807, 2.05) is 18.2 Å². The molecule has 0 fully saturated rings. The number of nitrogens with one attached hydrogen (secondary N) is 1. The van der Waals surface area contributed by atoms with Gasteiger partial charge in [0.25, 0.3) is 0 Å². The van der Waals surface area contributed by atoms with E-state index in [4.69, 9.17) is 0 Å². The first kappa shape index (κ1) is 14.7. The Morgan fingerprint density at radius 3 is 2.33 bits per heavy atom. The number of hydrogen-bond donors (Lipinski definition) is 1. The number of hydrogen-bond acceptors (Lipinski definition) is 1. The van der Waals surface area contributed by atoms with Gasteiger partial charge in [0.2, 0.25) is 5.91 Å². The number of amides is 1. The fraction of sp³-hybridized carbons (Fsp3) is 0.562. The van der Waals surface area contributed by atoms with Gasteiger partial charge in [-0.15, -0.1) is 0 Å². The van der Waals surface area contributed by atoms with E-state index in [9.17, 15) is 4.79 Å². The molecule has 0 aliphatic heterocycles. The van der Waals surface area contributed by atoms with E-state index in [0.29, 0.717) is 0 Å². The molecular formula is C16H25NO. The monoisotopic (exact) mass is 247 g/mol. The number of carbonyl (C=O) groups excluding carboxylic acids is 1. The molecular weight excluding hydrogens is 222 g/mol. The minimum atomic E-state index is -0.306. The summed E-state index contributed by atoms with van der Waals surface area (Å²) < 4.78 is 0. The molecule has 0 aromatic heterocycles. The fourth-order valence-corrected chi connectivity index (χ4v) is 2.21. The second-order valence-electron chi connectivity index (χ2n) is 5.37. The maximum atomic E-state index is 12.2. The Morgan fingerprint density at radius 1 is 1.22 bits per heavy atom. The molecule has 0 aliphatic carbocycles. The Hall–Kier alpha value is -1.31. The summed E-state index contributed by atoms with van der Waals surface area (Å²) >= 11 is 0. The molecule has 2 nitrogen and oxygen atoms in total. The molecule has 0 heterocycles. The van der Waals surface area contributed by atoms with Crippen LogP contribution in [0.25, 0.3) is 0 Å². The predicted molar refractivity (Wildman–Crippen MR) is 76.3 cm³/mol. The summed E-state index contributed by atoms with van der Waals surface area (Å²) in [4.78, 5) is 12.2. The Labute approximate surface area is 111 Å². The van der Waals surface area contributed by atoms with Crippen molar-refractivity contribution in [2.45, 2.75) is 52.5 Å². The Balaban J connectivity index is 2.73. The number of carbonyl (C=O) groups is 1. The summed E-state index contributed by atoms with van der Waals surface area (Å²) in [5.74, 6) is 0.311. The molecule has 0 saturated heterocycles. The van der Waals surface area contributed by atoms with Crippen LogP contribution in [-0.2, 0) is 10.3 Å². The van der Waals surface area contributed by atoms with Crippen molar-refractivity contribution in [3.8, 4) is 0 Å². The molecule has 0 bridgehead atoms. The van der Waals surface area contributed by atoms with Crippen LogP contribution in [0.15, 0.2) is 30.3 Å². The lowest BCUT2D eigenvalue weighted by Crippen LogP contribution is -2.43. The lowest BCUT2D eigenvalue weighted by molar-refractivity contribution is -0.127. The van der Waals surface area contributed by atoms with Gasteiger partial charge in [0.05, 0.1) is 5.54 Å². The summed E-state index contributed by atoms with van der Waals surface area (Å²) in [6.07, 6.45) is 2.93. The molecule has 0 saturated carbocycles. The number of rotatable bonds is 6. The Bertz CT molecular complexity index is 370. The van der Waals surface area contributed by atoms with Gasteiger partial charge in [-0.25, -0.2) is 0 Å². The topological polar surface area (TPSA) is 29.1 Å². The van der Waals surface area contributed by atoms with Gasteiger partial charge in [-0.3, -0.25) is 4.79 Å². The molecule has 0 radical (unpaired) electrons. The van der Waals surface area contributed by atoms with Gasteiger partial charge in [0, 0.05) is 5.92 Å². The van der Waals surface area contributed by atoms with Crippen LogP contribution < -0.4 is 5.32 Å². The molecule has 1 N–H and O–H groups in total. The average Bonchev–Trinajstić information content (AvgIpc) is 2.36. The molecule has 1 amide bonds. The van der Waals surface area contributed by atoms with E-state index < -0.39 is 0 Å². The zero-order chi connectivity index (χ0) is 13.6. The minimum Gasteiger partial charge on any atom is -0.347 e. The van der Waals surface area contributed by atoms with Crippen molar-refractivity contribution in [1.29, 1.82) is 0 Å². The van der Waals surface area contributed by atoms with E-state index in [1.54, 1.807) is 0 Å². The standard InChI is InChI=1S/C16H25NO/c1-5-10-13(6-2)15(18)17-16(3,4)14-11-8-7-9-12-14/h7-9,11-13H,5-6,10H2,1-4H3,(H,17,18). The molecule has 1 aromatic carbocycles. The van der Waals surface area contributed by atoms with Crippen molar-refractivity contribution in [3.63, 3.8) is 0 Å². The fourth-order valence-electron chi connectivity index (χ4n) is 2.21. The third-order valence-corrected chi connectivity index (χ3v) is 3.43. The van der Waals surface area contributed by atoms with E-state index in [2.05, 4.69) is 45.1 Å². The SMILES string of the molecule is CCCC(CC)C(=O)NC(C)(C)c1ccccc1. The largest absolute Gasteiger partial charge is 0.347 e. The van der Waals surface area contributed by atoms with Crippen LogP contribution in [-0.4, -0.2) is 5.91 Å². The zero-order valence-electron chi connectivity index (χ0n) is 12.0. The highest BCUT2D eigenvalue weighted by Gasteiger charge is 2.25. The normalized spacial score (nSPS) is 13.1. The highest BCUT2D eigenvalue weighted by Crippen LogP contribution is 2.21. The smallest absolute Gasteiger partial charge is 0.223 e. The van der Waals surface area contributed by atoms with E-state index in [-0.39, 0.29) is 17.4 Å². The lowest BCUT2D eigenvalue weighted by atomic mass is 9.92. The van der Waals surface area contributed by atoms with Crippen LogP contribution in [0.3, 0.4) is 0 Å². The molecule has 100 valence electrons. The summed E-state index contributed by atoms with van der Waals surface area (Å²) in [7, 11) is 0. The van der Waals surface area contributed by atoms with Crippen LogP contribution in [0, 0.1) is 5.92 Å². The Kier molecular flexibility index (Phi) is 5.39. The first-order valence-corrected chi connectivity index (χ1v) is 6.88. The Morgan fingerprint density at radius 2 is 1.83 bits per heavy atom.